The first-order valence-electron chi connectivity index (χ1n) is 10.9. The molecule has 0 radical (unpaired) electrons. The largest absolute Gasteiger partial charge is 0.468 e. The molecule has 3 aromatic rings. The van der Waals surface area contributed by atoms with Crippen LogP contribution in [0, 0.1) is 5.82 Å². The molecule has 1 fully saturated rings. The number of aryl methyl sites for hydroxylation is 1. The van der Waals surface area contributed by atoms with Gasteiger partial charge in [0, 0.05) is 37.1 Å². The molecule has 0 saturated carbocycles. The van der Waals surface area contributed by atoms with Gasteiger partial charge in [0.2, 0.25) is 0 Å². The van der Waals surface area contributed by atoms with Crippen molar-refractivity contribution in [2.45, 2.75) is 19.4 Å². The average Bonchev–Trinajstić information content (AvgIpc) is 3.35. The number of benzene rings is 2. The maximum absolute atomic E-state index is 13.3. The van der Waals surface area contributed by atoms with Gasteiger partial charge in [-0.25, -0.2) is 14.2 Å². The summed E-state index contributed by atoms with van der Waals surface area (Å²) in [5.74, 6) is -0.875. The monoisotopic (exact) mass is 467 g/mol. The van der Waals surface area contributed by atoms with E-state index in [0.717, 1.165) is 17.0 Å². The van der Waals surface area contributed by atoms with Crippen molar-refractivity contribution in [3.05, 3.63) is 76.5 Å². The fourth-order valence-electron chi connectivity index (χ4n) is 3.99. The second-order valence-electron chi connectivity index (χ2n) is 7.89. The zero-order valence-corrected chi connectivity index (χ0v) is 19.5. The molecule has 2 heterocycles. The first-order chi connectivity index (χ1) is 16.0. The highest BCUT2D eigenvalue weighted by Crippen LogP contribution is 2.27. The standard InChI is InChI=1S/C25H26FN3O3S/c1-3-17-4-6-19(7-5-17)23-27-21(16-33-23)24(30)29-14-12-28(13-15-29)22(25(31)32-2)18-8-10-20(26)11-9-18/h4-11,16,22H,3,12-15H2,1-2H3. The Kier molecular flexibility index (Phi) is 7.15. The number of carbonyl (C=O) groups is 2. The van der Waals surface area contributed by atoms with E-state index >= 15 is 0 Å². The summed E-state index contributed by atoms with van der Waals surface area (Å²) in [6.45, 7) is 4.04. The maximum atomic E-state index is 13.3. The van der Waals surface area contributed by atoms with E-state index in [1.165, 1.54) is 36.1 Å². The molecule has 1 aliphatic heterocycles. The van der Waals surface area contributed by atoms with Gasteiger partial charge >= 0.3 is 5.97 Å². The fourth-order valence-corrected chi connectivity index (χ4v) is 4.79. The molecule has 8 heteroatoms. The summed E-state index contributed by atoms with van der Waals surface area (Å²) in [6.07, 6.45) is 0.978. The van der Waals surface area contributed by atoms with Gasteiger partial charge in [-0.05, 0) is 29.7 Å². The lowest BCUT2D eigenvalue weighted by Crippen LogP contribution is -2.51. The number of amides is 1. The van der Waals surface area contributed by atoms with E-state index in [9.17, 15) is 14.0 Å². The van der Waals surface area contributed by atoms with Crippen LogP contribution in [0.15, 0.2) is 53.9 Å². The number of nitrogens with zero attached hydrogens (tertiary/aromatic N) is 3. The van der Waals surface area contributed by atoms with Crippen LogP contribution < -0.4 is 0 Å². The van der Waals surface area contributed by atoms with Crippen LogP contribution in [-0.4, -0.2) is 59.9 Å². The quantitative estimate of drug-likeness (QED) is 0.509. The minimum atomic E-state index is -0.634. The van der Waals surface area contributed by atoms with Crippen molar-refractivity contribution in [2.24, 2.45) is 0 Å². The van der Waals surface area contributed by atoms with Gasteiger partial charge in [0.05, 0.1) is 7.11 Å². The van der Waals surface area contributed by atoms with Crippen molar-refractivity contribution in [1.82, 2.24) is 14.8 Å². The van der Waals surface area contributed by atoms with Crippen LogP contribution in [0.4, 0.5) is 4.39 Å². The predicted molar refractivity (Wildman–Crippen MR) is 126 cm³/mol. The summed E-state index contributed by atoms with van der Waals surface area (Å²) >= 11 is 1.46. The number of ether oxygens (including phenoxy) is 1. The van der Waals surface area contributed by atoms with Gasteiger partial charge in [-0.15, -0.1) is 11.3 Å². The first-order valence-corrected chi connectivity index (χ1v) is 11.8. The Morgan fingerprint density at radius 3 is 2.33 bits per heavy atom. The lowest BCUT2D eigenvalue weighted by Gasteiger charge is -2.38. The first kappa shape index (κ1) is 23.1. The van der Waals surface area contributed by atoms with Crippen LogP contribution in [0.2, 0.25) is 0 Å². The van der Waals surface area contributed by atoms with E-state index in [1.807, 2.05) is 17.0 Å². The highest BCUT2D eigenvalue weighted by molar-refractivity contribution is 7.13. The Hall–Kier alpha value is -3.10. The SMILES string of the molecule is CCc1ccc(-c2nc(C(=O)N3CCN(C(C(=O)OC)c4ccc(F)cc4)CC3)cs2)cc1. The summed E-state index contributed by atoms with van der Waals surface area (Å²) in [7, 11) is 1.34. The third kappa shape index (κ3) is 5.12. The summed E-state index contributed by atoms with van der Waals surface area (Å²) in [4.78, 5) is 33.8. The number of aromatic nitrogens is 1. The minimum Gasteiger partial charge on any atom is -0.468 e. The van der Waals surface area contributed by atoms with E-state index in [4.69, 9.17) is 4.74 Å². The topological polar surface area (TPSA) is 62.7 Å². The average molecular weight is 468 g/mol. The van der Waals surface area contributed by atoms with Gasteiger partial charge < -0.3 is 9.64 Å². The number of carbonyl (C=O) groups excluding carboxylic acids is 2. The number of methoxy groups -OCH3 is 1. The molecule has 2 aromatic carbocycles. The normalized spacial score (nSPS) is 15.3. The number of rotatable bonds is 6. The van der Waals surface area contributed by atoms with Crippen LogP contribution in [0.25, 0.3) is 10.6 Å². The summed E-state index contributed by atoms with van der Waals surface area (Å²) in [6, 6.07) is 13.5. The van der Waals surface area contributed by atoms with Gasteiger partial charge in [0.25, 0.3) is 5.91 Å². The number of halogens is 1. The van der Waals surface area contributed by atoms with Crippen molar-refractivity contribution >= 4 is 23.2 Å². The molecule has 0 N–H and O–H groups in total. The van der Waals surface area contributed by atoms with Crippen molar-refractivity contribution in [1.29, 1.82) is 0 Å². The highest BCUT2D eigenvalue weighted by Gasteiger charge is 2.33. The van der Waals surface area contributed by atoms with E-state index in [-0.39, 0.29) is 11.7 Å². The fraction of sp³-hybridized carbons (Fsp3) is 0.320. The van der Waals surface area contributed by atoms with Gasteiger partial charge in [0.15, 0.2) is 0 Å². The molecule has 33 heavy (non-hydrogen) atoms. The van der Waals surface area contributed by atoms with Crippen molar-refractivity contribution in [2.75, 3.05) is 33.3 Å². The molecule has 0 aliphatic carbocycles. The molecule has 6 nitrogen and oxygen atoms in total. The molecule has 0 spiro atoms. The number of esters is 1. The lowest BCUT2D eigenvalue weighted by atomic mass is 10.0. The number of hydrogen-bond acceptors (Lipinski definition) is 6. The summed E-state index contributed by atoms with van der Waals surface area (Å²) in [5.41, 5.74) is 3.36. The number of piperazine rings is 1. The Morgan fingerprint density at radius 1 is 1.06 bits per heavy atom. The van der Waals surface area contributed by atoms with Crippen molar-refractivity contribution in [3.63, 3.8) is 0 Å². The Morgan fingerprint density at radius 2 is 1.73 bits per heavy atom. The minimum absolute atomic E-state index is 0.112. The van der Waals surface area contributed by atoms with Crippen LogP contribution in [0.1, 0.15) is 34.6 Å². The summed E-state index contributed by atoms with van der Waals surface area (Å²) in [5, 5.41) is 2.62. The molecule has 1 amide bonds. The Balaban J connectivity index is 1.42. The Bertz CT molecular complexity index is 1110. The molecule has 1 saturated heterocycles. The smallest absolute Gasteiger partial charge is 0.327 e. The second kappa shape index (κ2) is 10.2. The maximum Gasteiger partial charge on any atom is 0.327 e. The zero-order chi connectivity index (χ0) is 23.4. The van der Waals surface area contributed by atoms with Crippen LogP contribution >= 0.6 is 11.3 Å². The molecular formula is C25H26FN3O3S. The van der Waals surface area contributed by atoms with E-state index in [1.54, 1.807) is 22.4 Å². The molecule has 1 aliphatic rings. The second-order valence-corrected chi connectivity index (χ2v) is 8.75. The molecule has 1 aromatic heterocycles. The van der Waals surface area contributed by atoms with Crippen LogP contribution in [0.5, 0.6) is 0 Å². The van der Waals surface area contributed by atoms with E-state index in [0.29, 0.717) is 37.4 Å². The van der Waals surface area contributed by atoms with Gasteiger partial charge in [-0.2, -0.15) is 0 Å². The van der Waals surface area contributed by atoms with Crippen molar-refractivity contribution in [3.8, 4) is 10.6 Å². The molecule has 0 bridgehead atoms. The third-order valence-electron chi connectivity index (χ3n) is 5.91. The van der Waals surface area contributed by atoms with E-state index < -0.39 is 12.0 Å². The van der Waals surface area contributed by atoms with E-state index in [2.05, 4.69) is 24.0 Å². The predicted octanol–water partition coefficient (Wildman–Crippen LogP) is 4.18. The summed E-state index contributed by atoms with van der Waals surface area (Å²) < 4.78 is 18.3. The zero-order valence-electron chi connectivity index (χ0n) is 18.7. The molecule has 1 unspecified atom stereocenters. The molecular weight excluding hydrogens is 441 g/mol. The van der Waals surface area contributed by atoms with Gasteiger partial charge in [0.1, 0.15) is 22.6 Å². The van der Waals surface area contributed by atoms with Crippen LogP contribution in [0.3, 0.4) is 0 Å². The van der Waals surface area contributed by atoms with Crippen LogP contribution in [-0.2, 0) is 16.0 Å². The Labute approximate surface area is 196 Å². The van der Waals surface area contributed by atoms with Gasteiger partial charge in [-0.1, -0.05) is 43.3 Å². The lowest BCUT2D eigenvalue weighted by molar-refractivity contribution is -0.148. The molecule has 4 rings (SSSR count). The van der Waals surface area contributed by atoms with Gasteiger partial charge in [-0.3, -0.25) is 9.69 Å². The molecule has 1 atom stereocenters. The third-order valence-corrected chi connectivity index (χ3v) is 6.80. The molecule has 172 valence electrons. The number of thiazole rings is 1. The highest BCUT2D eigenvalue weighted by atomic mass is 32.1. The number of hydrogen-bond donors (Lipinski definition) is 0. The van der Waals surface area contributed by atoms with Crippen molar-refractivity contribution < 1.29 is 18.7 Å².